The number of aryl methyl sites for hydroxylation is 1. The highest BCUT2D eigenvalue weighted by Crippen LogP contribution is 2.02. The molecule has 0 heterocycles. The molecule has 0 aliphatic carbocycles. The predicted molar refractivity (Wildman–Crippen MR) is 68.6 cm³/mol. The summed E-state index contributed by atoms with van der Waals surface area (Å²) in [5, 5.41) is 2.83. The molecule has 1 N–H and O–H groups in total. The summed E-state index contributed by atoms with van der Waals surface area (Å²) < 4.78 is 5.23. The Labute approximate surface area is 102 Å². The van der Waals surface area contributed by atoms with Gasteiger partial charge < -0.3 is 10.1 Å². The zero-order valence-corrected chi connectivity index (χ0v) is 10.4. The molecule has 0 saturated heterocycles. The fourth-order valence-corrected chi connectivity index (χ4v) is 1.33. The van der Waals surface area contributed by atoms with E-state index >= 15 is 0 Å². The van der Waals surface area contributed by atoms with Crippen molar-refractivity contribution in [1.29, 1.82) is 0 Å². The fraction of sp³-hybridized carbons (Fsp3) is 0.357. The van der Waals surface area contributed by atoms with Crippen LogP contribution in [0.3, 0.4) is 0 Å². The summed E-state index contributed by atoms with van der Waals surface area (Å²) in [5.41, 5.74) is 2.29. The maximum absolute atomic E-state index is 11.6. The topological polar surface area (TPSA) is 38.3 Å². The molecule has 1 aromatic rings. The second-order valence-corrected chi connectivity index (χ2v) is 3.97. The largest absolute Gasteiger partial charge is 0.365 e. The van der Waals surface area contributed by atoms with Crippen LogP contribution >= 0.6 is 0 Å². The third-order valence-corrected chi connectivity index (χ3v) is 2.42. The molecule has 0 aliphatic rings. The molecule has 0 unspecified atom stereocenters. The van der Waals surface area contributed by atoms with Gasteiger partial charge in [0.05, 0.1) is 6.61 Å². The Bertz CT molecular complexity index is 370. The van der Waals surface area contributed by atoms with Gasteiger partial charge in [-0.15, -0.1) is 6.58 Å². The summed E-state index contributed by atoms with van der Waals surface area (Å²) >= 11 is 0. The van der Waals surface area contributed by atoms with Crippen molar-refractivity contribution in [3.05, 3.63) is 48.0 Å². The van der Waals surface area contributed by atoms with Crippen LogP contribution in [0.25, 0.3) is 0 Å². The van der Waals surface area contributed by atoms with E-state index in [0.717, 1.165) is 5.56 Å². The van der Waals surface area contributed by atoms with E-state index in [1.807, 2.05) is 31.2 Å². The van der Waals surface area contributed by atoms with E-state index in [2.05, 4.69) is 11.9 Å². The molecule has 3 nitrogen and oxygen atoms in total. The van der Waals surface area contributed by atoms with Gasteiger partial charge in [0.1, 0.15) is 6.10 Å². The van der Waals surface area contributed by atoms with Crippen LogP contribution in [0.1, 0.15) is 18.1 Å². The Morgan fingerprint density at radius 2 is 2.12 bits per heavy atom. The maximum atomic E-state index is 11.6. The van der Waals surface area contributed by atoms with E-state index in [9.17, 15) is 4.79 Å². The lowest BCUT2D eigenvalue weighted by Gasteiger charge is -2.12. The van der Waals surface area contributed by atoms with E-state index in [0.29, 0.717) is 13.2 Å². The maximum Gasteiger partial charge on any atom is 0.249 e. The number of carbonyl (C=O) groups is 1. The Balaban J connectivity index is 2.37. The van der Waals surface area contributed by atoms with Gasteiger partial charge in [-0.2, -0.15) is 0 Å². The summed E-state index contributed by atoms with van der Waals surface area (Å²) in [5.74, 6) is -0.104. The van der Waals surface area contributed by atoms with Crippen LogP contribution < -0.4 is 5.32 Å². The number of hydrogen-bond donors (Lipinski definition) is 1. The molecule has 0 saturated carbocycles. The molecule has 17 heavy (non-hydrogen) atoms. The first-order valence-corrected chi connectivity index (χ1v) is 5.69. The number of hydrogen-bond acceptors (Lipinski definition) is 2. The molecule has 0 aromatic heterocycles. The molecule has 0 radical (unpaired) electrons. The molecule has 1 atom stereocenters. The van der Waals surface area contributed by atoms with Crippen LogP contribution in [0.5, 0.6) is 0 Å². The van der Waals surface area contributed by atoms with Gasteiger partial charge in [-0.05, 0) is 19.4 Å². The van der Waals surface area contributed by atoms with Crippen molar-refractivity contribution < 1.29 is 9.53 Å². The monoisotopic (exact) mass is 233 g/mol. The minimum atomic E-state index is -0.446. The van der Waals surface area contributed by atoms with Crippen molar-refractivity contribution in [2.24, 2.45) is 0 Å². The molecule has 1 rings (SSSR count). The average molecular weight is 233 g/mol. The quantitative estimate of drug-likeness (QED) is 0.765. The lowest BCUT2D eigenvalue weighted by Crippen LogP contribution is -2.34. The van der Waals surface area contributed by atoms with Gasteiger partial charge in [0.15, 0.2) is 0 Å². The van der Waals surface area contributed by atoms with Crippen molar-refractivity contribution in [3.63, 3.8) is 0 Å². The summed E-state index contributed by atoms with van der Waals surface area (Å²) in [6.45, 7) is 8.22. The van der Waals surface area contributed by atoms with Crippen molar-refractivity contribution in [2.75, 3.05) is 6.61 Å². The molecule has 0 fully saturated rings. The third-order valence-electron chi connectivity index (χ3n) is 2.42. The Hall–Kier alpha value is -1.61. The highest BCUT2D eigenvalue weighted by molar-refractivity contribution is 5.80. The van der Waals surface area contributed by atoms with Crippen LogP contribution in [-0.4, -0.2) is 18.6 Å². The van der Waals surface area contributed by atoms with Crippen LogP contribution in [0.2, 0.25) is 0 Å². The van der Waals surface area contributed by atoms with Crippen molar-refractivity contribution >= 4 is 5.91 Å². The second-order valence-electron chi connectivity index (χ2n) is 3.97. The van der Waals surface area contributed by atoms with Crippen LogP contribution in [-0.2, 0) is 16.1 Å². The minimum absolute atomic E-state index is 0.104. The first-order chi connectivity index (χ1) is 8.13. The first kappa shape index (κ1) is 13.5. The SMILES string of the molecule is C=CCO[C@@H](C)C(=O)NCc1ccc(C)cc1. The number of rotatable bonds is 6. The zero-order chi connectivity index (χ0) is 12.7. The Morgan fingerprint density at radius 3 is 2.71 bits per heavy atom. The summed E-state index contributed by atoms with van der Waals surface area (Å²) in [6.07, 6.45) is 1.18. The van der Waals surface area contributed by atoms with Gasteiger partial charge in [0, 0.05) is 6.54 Å². The molecule has 3 heteroatoms. The number of nitrogens with one attached hydrogen (secondary N) is 1. The fourth-order valence-electron chi connectivity index (χ4n) is 1.33. The highest BCUT2D eigenvalue weighted by atomic mass is 16.5. The summed E-state index contributed by atoms with van der Waals surface area (Å²) in [7, 11) is 0. The molecule has 0 bridgehead atoms. The molecule has 0 aliphatic heterocycles. The standard InChI is InChI=1S/C14H19NO2/c1-4-9-17-12(3)14(16)15-10-13-7-5-11(2)6-8-13/h4-8,12H,1,9-10H2,2-3H3,(H,15,16)/t12-/m0/s1. The van der Waals surface area contributed by atoms with Crippen molar-refractivity contribution in [3.8, 4) is 0 Å². The molecule has 92 valence electrons. The molecule has 0 spiro atoms. The smallest absolute Gasteiger partial charge is 0.249 e. The summed E-state index contributed by atoms with van der Waals surface area (Å²) in [6, 6.07) is 8.06. The van der Waals surface area contributed by atoms with E-state index in [1.165, 1.54) is 5.56 Å². The van der Waals surface area contributed by atoms with Gasteiger partial charge in [-0.3, -0.25) is 4.79 Å². The Kier molecular flexibility index (Phi) is 5.43. The minimum Gasteiger partial charge on any atom is -0.365 e. The number of amides is 1. The highest BCUT2D eigenvalue weighted by Gasteiger charge is 2.11. The number of benzene rings is 1. The van der Waals surface area contributed by atoms with E-state index in [-0.39, 0.29) is 5.91 Å². The number of ether oxygens (including phenoxy) is 1. The van der Waals surface area contributed by atoms with Gasteiger partial charge >= 0.3 is 0 Å². The zero-order valence-electron chi connectivity index (χ0n) is 10.4. The van der Waals surface area contributed by atoms with E-state index < -0.39 is 6.10 Å². The van der Waals surface area contributed by atoms with Gasteiger partial charge in [0.2, 0.25) is 5.91 Å². The van der Waals surface area contributed by atoms with E-state index in [4.69, 9.17) is 4.74 Å². The van der Waals surface area contributed by atoms with Crippen molar-refractivity contribution in [1.82, 2.24) is 5.32 Å². The molecule has 1 aromatic carbocycles. The van der Waals surface area contributed by atoms with E-state index in [1.54, 1.807) is 13.0 Å². The normalized spacial score (nSPS) is 11.9. The predicted octanol–water partition coefficient (Wildman–Crippen LogP) is 2.20. The first-order valence-electron chi connectivity index (χ1n) is 5.69. The van der Waals surface area contributed by atoms with Crippen molar-refractivity contribution in [2.45, 2.75) is 26.5 Å². The van der Waals surface area contributed by atoms with Gasteiger partial charge in [-0.25, -0.2) is 0 Å². The summed E-state index contributed by atoms with van der Waals surface area (Å²) in [4.78, 5) is 11.6. The Morgan fingerprint density at radius 1 is 1.47 bits per heavy atom. The molecule has 1 amide bonds. The lowest BCUT2D eigenvalue weighted by molar-refractivity contribution is -0.131. The van der Waals surface area contributed by atoms with Gasteiger partial charge in [0.25, 0.3) is 0 Å². The third kappa shape index (κ3) is 4.83. The van der Waals surface area contributed by atoms with Crippen LogP contribution in [0.4, 0.5) is 0 Å². The van der Waals surface area contributed by atoms with Gasteiger partial charge in [-0.1, -0.05) is 35.9 Å². The molecular weight excluding hydrogens is 214 g/mol. The second kappa shape index (κ2) is 6.86. The number of carbonyl (C=O) groups excluding carboxylic acids is 1. The van der Waals surface area contributed by atoms with Crippen LogP contribution in [0, 0.1) is 6.92 Å². The average Bonchev–Trinajstić information content (AvgIpc) is 2.34. The molecular formula is C14H19NO2. The van der Waals surface area contributed by atoms with Crippen LogP contribution in [0.15, 0.2) is 36.9 Å². The lowest BCUT2D eigenvalue weighted by atomic mass is 10.1.